The molecule has 0 heterocycles. The summed E-state index contributed by atoms with van der Waals surface area (Å²) in [7, 11) is 19.7. The molecule has 4 fully saturated rings. The molecule has 0 amide bonds. The first kappa shape index (κ1) is 66.6. The van der Waals surface area contributed by atoms with Crippen molar-refractivity contribution in [2.45, 2.75) is 116 Å². The predicted octanol–water partition coefficient (Wildman–Crippen LogP) is 19.6. The van der Waals surface area contributed by atoms with E-state index >= 15 is 0 Å². The molecule has 6 aliphatic carbocycles. The fourth-order valence-electron chi connectivity index (χ4n) is 10.2. The third kappa shape index (κ3) is 24.3. The van der Waals surface area contributed by atoms with Crippen molar-refractivity contribution in [3.05, 3.63) is 174 Å². The Morgan fingerprint density at radius 3 is 1.26 bits per heavy atom. The zero-order chi connectivity index (χ0) is 44.4. The molecule has 0 aromatic heterocycles. The number of benzene rings is 2. The Morgan fingerprint density at radius 1 is 0.538 bits per heavy atom. The number of fused-ring (bicyclic) bond motifs is 2. The van der Waals surface area contributed by atoms with E-state index in [-0.39, 0.29) is 40.8 Å². The van der Waals surface area contributed by atoms with Crippen molar-refractivity contribution < 1.29 is 59.3 Å². The summed E-state index contributed by atoms with van der Waals surface area (Å²) in [5.41, 5.74) is 0.511. The molecular formula is C55H78Cl4F4Zr2. The third-order valence-corrected chi connectivity index (χ3v) is 13.3. The van der Waals surface area contributed by atoms with Gasteiger partial charge in [0.05, 0.1) is 0 Å². The Hall–Kier alpha value is -0.474. The van der Waals surface area contributed by atoms with Crippen LogP contribution in [0.1, 0.15) is 114 Å². The summed E-state index contributed by atoms with van der Waals surface area (Å²) in [6, 6.07) is 8.25. The minimum atomic E-state index is -0.826. The van der Waals surface area contributed by atoms with E-state index < -0.39 is 65.0 Å². The minimum absolute atomic E-state index is 0. The standard InChI is InChI=1S/2C16H16F2.C10H18.C9H16.4CH3.4ClH.2Zr/c2*17-15-6-3-7-16(18)14(15)10-12-9-8-11-4-1-2-5-13(11)12;1-3-4-5-10-7-6-9(2)8-10;1-2-3-6-9-7-4-5-8-9;;;;;;;;;;/h2*1-7,11-13H,8-10H2;3,9-10H,1,4-8H2,2H3;2,9H,1,3-8H2;4*1H3;4*1H;;/q;;;;4*-1;;;;;2*+4/p-4. The van der Waals surface area contributed by atoms with Crippen LogP contribution in [0, 0.1) is 106 Å². The molecule has 8 atom stereocenters. The summed E-state index contributed by atoms with van der Waals surface area (Å²) < 4.78 is 54.6. The Morgan fingerprint density at radius 2 is 0.908 bits per heavy atom. The Bertz CT molecular complexity index is 1540. The summed E-state index contributed by atoms with van der Waals surface area (Å²) in [6.45, 7) is 9.83. The van der Waals surface area contributed by atoms with Crippen molar-refractivity contribution in [1.82, 2.24) is 0 Å². The molecule has 6 aliphatic rings. The van der Waals surface area contributed by atoms with E-state index in [1.54, 1.807) is 0 Å². The molecule has 0 aliphatic heterocycles. The van der Waals surface area contributed by atoms with Crippen LogP contribution in [0.3, 0.4) is 0 Å². The first-order valence-corrected chi connectivity index (χ1v) is 35.0. The Kier molecular flexibility index (Phi) is 40.2. The fraction of sp³-hybridized carbons (Fsp3) is 0.491. The first-order chi connectivity index (χ1) is 29.6. The van der Waals surface area contributed by atoms with Gasteiger partial charge in [-0.2, -0.15) is 0 Å². The van der Waals surface area contributed by atoms with Crippen LogP contribution in [0.4, 0.5) is 17.6 Å². The molecule has 0 saturated heterocycles. The molecule has 0 bridgehead atoms. The maximum absolute atomic E-state index is 13.7. The average molecular weight is 1140 g/mol. The van der Waals surface area contributed by atoms with Crippen LogP contribution in [0.15, 0.2) is 110 Å². The zero-order valence-corrected chi connectivity index (χ0v) is 47.8. The van der Waals surface area contributed by atoms with Crippen LogP contribution in [0.25, 0.3) is 0 Å². The van der Waals surface area contributed by atoms with E-state index in [2.05, 4.69) is 68.7 Å². The van der Waals surface area contributed by atoms with Crippen LogP contribution in [-0.2, 0) is 54.5 Å². The zero-order valence-electron chi connectivity index (χ0n) is 39.9. The molecule has 8 unspecified atom stereocenters. The molecule has 65 heavy (non-hydrogen) atoms. The predicted molar refractivity (Wildman–Crippen MR) is 272 cm³/mol. The SMILES string of the molecule is C=CCCC1CCC(C)C1.C=CCCC1CCCC1.Fc1cccc(F)c1CC1CCC2C=CC=CC21.Fc1cccc(F)c1CC1CCC2C=CC=CC21.[CH3-].[CH3-].[CH3-].[CH3-].[Cl][Zr+2][Cl].[Cl][Zr+2][Cl]. The number of rotatable bonds is 10. The van der Waals surface area contributed by atoms with Crippen LogP contribution in [0.2, 0.25) is 0 Å². The molecule has 2 aromatic carbocycles. The number of allylic oxidation sites excluding steroid dienone is 10. The summed E-state index contributed by atoms with van der Waals surface area (Å²) in [6.07, 6.45) is 42.1. The van der Waals surface area contributed by atoms with Crippen LogP contribution in [0.5, 0.6) is 0 Å². The van der Waals surface area contributed by atoms with Crippen molar-refractivity contribution in [2.75, 3.05) is 0 Å². The van der Waals surface area contributed by atoms with Gasteiger partial charge in [-0.25, -0.2) is 17.6 Å². The number of hydrogen-bond acceptors (Lipinski definition) is 0. The molecule has 8 rings (SSSR count). The normalized spacial score (nSPS) is 24.5. The third-order valence-electron chi connectivity index (χ3n) is 13.3. The fourth-order valence-corrected chi connectivity index (χ4v) is 10.2. The van der Waals surface area contributed by atoms with Crippen molar-refractivity contribution >= 4 is 34.1 Å². The van der Waals surface area contributed by atoms with Gasteiger partial charge in [-0.1, -0.05) is 118 Å². The van der Waals surface area contributed by atoms with Crippen molar-refractivity contribution in [3.63, 3.8) is 0 Å². The molecule has 0 nitrogen and oxygen atoms in total. The molecule has 2 aromatic rings. The van der Waals surface area contributed by atoms with E-state index in [9.17, 15) is 17.6 Å². The van der Waals surface area contributed by atoms with Gasteiger partial charge in [0.1, 0.15) is 23.3 Å². The molecule has 0 radical (unpaired) electrons. The van der Waals surface area contributed by atoms with Gasteiger partial charge in [0, 0.05) is 11.1 Å². The quantitative estimate of drug-likeness (QED) is 0.126. The van der Waals surface area contributed by atoms with Gasteiger partial charge in [0.15, 0.2) is 0 Å². The summed E-state index contributed by atoms with van der Waals surface area (Å²) in [4.78, 5) is 0. The van der Waals surface area contributed by atoms with Crippen LogP contribution >= 0.6 is 34.1 Å². The summed E-state index contributed by atoms with van der Waals surface area (Å²) >= 11 is -1.65. The molecule has 362 valence electrons. The molecule has 4 saturated carbocycles. The van der Waals surface area contributed by atoms with Gasteiger partial charge < -0.3 is 29.7 Å². The van der Waals surface area contributed by atoms with Crippen molar-refractivity contribution in [2.24, 2.45) is 53.3 Å². The second-order valence-electron chi connectivity index (χ2n) is 17.3. The average Bonchev–Trinajstić information content (AvgIpc) is 4.09. The van der Waals surface area contributed by atoms with E-state index in [0.29, 0.717) is 48.3 Å². The number of halogens is 8. The van der Waals surface area contributed by atoms with Gasteiger partial charge in [-0.15, -0.1) is 13.2 Å². The van der Waals surface area contributed by atoms with Crippen molar-refractivity contribution in [3.8, 4) is 0 Å². The molecule has 10 heteroatoms. The molecule has 0 N–H and O–H groups in total. The van der Waals surface area contributed by atoms with Crippen LogP contribution < -0.4 is 0 Å². The molecular weight excluding hydrogens is 1060 g/mol. The van der Waals surface area contributed by atoms with Gasteiger partial charge in [0.25, 0.3) is 0 Å². The van der Waals surface area contributed by atoms with Gasteiger partial charge >= 0.3 is 75.7 Å². The van der Waals surface area contributed by atoms with E-state index in [4.69, 9.17) is 34.1 Å². The van der Waals surface area contributed by atoms with E-state index in [1.165, 1.54) is 107 Å². The molecule has 0 spiro atoms. The topological polar surface area (TPSA) is 0 Å². The van der Waals surface area contributed by atoms with Crippen LogP contribution in [-0.4, -0.2) is 0 Å². The second kappa shape index (κ2) is 39.3. The second-order valence-corrected chi connectivity index (χ2v) is 24.8. The monoisotopic (exact) mass is 1130 g/mol. The van der Waals surface area contributed by atoms with Gasteiger partial charge in [-0.3, -0.25) is 0 Å². The summed E-state index contributed by atoms with van der Waals surface area (Å²) in [5, 5.41) is 0. The number of hydrogen-bond donors (Lipinski definition) is 0. The van der Waals surface area contributed by atoms with Crippen molar-refractivity contribution in [1.29, 1.82) is 0 Å². The van der Waals surface area contributed by atoms with E-state index in [1.807, 2.05) is 12.2 Å². The van der Waals surface area contributed by atoms with Gasteiger partial charge in [-0.05, 0) is 148 Å². The Balaban J connectivity index is 0. The van der Waals surface area contributed by atoms with E-state index in [0.717, 1.165) is 43.4 Å². The van der Waals surface area contributed by atoms with Gasteiger partial charge in [0.2, 0.25) is 0 Å². The Labute approximate surface area is 433 Å². The summed E-state index contributed by atoms with van der Waals surface area (Å²) in [5.74, 6) is 4.19. The first-order valence-electron chi connectivity index (χ1n) is 22.3. The maximum atomic E-state index is 13.7.